The number of hydrogen-bond acceptors (Lipinski definition) is 11. The molecule has 4 N–H and O–H groups in total. The number of ether oxygens (including phenoxy) is 4. The molecular formula is C22H24N6O7. The van der Waals surface area contributed by atoms with E-state index in [1.165, 1.54) is 46.8 Å². The molecule has 3 aromatic rings. The SMILES string of the molecule is COc1cc(OC)c([N+](=O)[O-])cc1Nc1ncc(OC)c(Nc2cc(CC(N)=O)ccc2OC)n1. The van der Waals surface area contributed by atoms with Crippen LogP contribution in [-0.4, -0.2) is 49.2 Å². The molecule has 0 spiro atoms. The van der Waals surface area contributed by atoms with Crippen LogP contribution < -0.4 is 35.3 Å². The summed E-state index contributed by atoms with van der Waals surface area (Å²) in [5.41, 5.74) is 6.47. The van der Waals surface area contributed by atoms with Gasteiger partial charge >= 0.3 is 5.69 Å². The number of nitro groups is 1. The molecule has 13 heteroatoms. The Hall–Kier alpha value is -4.81. The van der Waals surface area contributed by atoms with E-state index < -0.39 is 10.8 Å². The van der Waals surface area contributed by atoms with Crippen LogP contribution in [0.15, 0.2) is 36.5 Å². The number of nitro benzene ring substituents is 1. The van der Waals surface area contributed by atoms with Crippen molar-refractivity contribution in [2.45, 2.75) is 6.42 Å². The number of nitrogens with two attached hydrogens (primary N) is 1. The van der Waals surface area contributed by atoms with Gasteiger partial charge in [-0.05, 0) is 17.7 Å². The van der Waals surface area contributed by atoms with Crippen molar-refractivity contribution in [1.29, 1.82) is 0 Å². The molecule has 0 unspecified atom stereocenters. The van der Waals surface area contributed by atoms with E-state index in [9.17, 15) is 14.9 Å². The van der Waals surface area contributed by atoms with Gasteiger partial charge in [-0.25, -0.2) is 4.98 Å². The Balaban J connectivity index is 2.00. The van der Waals surface area contributed by atoms with Crippen molar-refractivity contribution >= 4 is 34.7 Å². The molecule has 1 aromatic heterocycles. The third kappa shape index (κ3) is 5.76. The summed E-state index contributed by atoms with van der Waals surface area (Å²) in [5, 5.41) is 17.5. The largest absolute Gasteiger partial charge is 0.495 e. The predicted octanol–water partition coefficient (Wildman–Crippen LogP) is 2.93. The molecule has 13 nitrogen and oxygen atoms in total. The number of nitrogens with one attached hydrogen (secondary N) is 2. The van der Waals surface area contributed by atoms with Crippen molar-refractivity contribution in [1.82, 2.24) is 9.97 Å². The van der Waals surface area contributed by atoms with Gasteiger partial charge in [0.2, 0.25) is 17.6 Å². The quantitative estimate of drug-likeness (QED) is 0.270. The molecule has 0 bridgehead atoms. The number of benzene rings is 2. The summed E-state index contributed by atoms with van der Waals surface area (Å²) in [6.45, 7) is 0. The Morgan fingerprint density at radius 2 is 1.60 bits per heavy atom. The second-order valence-electron chi connectivity index (χ2n) is 7.02. The third-order valence-corrected chi connectivity index (χ3v) is 4.81. The second kappa shape index (κ2) is 10.9. The Labute approximate surface area is 200 Å². The number of hydrogen-bond donors (Lipinski definition) is 3. The molecule has 3 rings (SSSR count). The molecule has 0 radical (unpaired) electrons. The van der Waals surface area contributed by atoms with Gasteiger partial charge in [-0.3, -0.25) is 14.9 Å². The summed E-state index contributed by atoms with van der Waals surface area (Å²) < 4.78 is 21.2. The topological polar surface area (TPSA) is 173 Å². The highest BCUT2D eigenvalue weighted by Gasteiger charge is 2.21. The van der Waals surface area contributed by atoms with E-state index in [0.29, 0.717) is 22.7 Å². The molecule has 0 saturated carbocycles. The monoisotopic (exact) mass is 484 g/mol. The molecule has 35 heavy (non-hydrogen) atoms. The summed E-state index contributed by atoms with van der Waals surface area (Å²) in [5.74, 6) is 1.00. The molecule has 1 amide bonds. The Morgan fingerprint density at radius 1 is 0.943 bits per heavy atom. The first-order valence-electron chi connectivity index (χ1n) is 10.1. The second-order valence-corrected chi connectivity index (χ2v) is 7.02. The van der Waals surface area contributed by atoms with Crippen LogP contribution >= 0.6 is 0 Å². The number of carbonyl (C=O) groups excluding carboxylic acids is 1. The van der Waals surface area contributed by atoms with Crippen molar-refractivity contribution in [2.24, 2.45) is 5.73 Å². The smallest absolute Gasteiger partial charge is 0.313 e. The molecule has 0 aliphatic heterocycles. The fourth-order valence-electron chi connectivity index (χ4n) is 3.20. The zero-order valence-corrected chi connectivity index (χ0v) is 19.4. The molecule has 0 fully saturated rings. The van der Waals surface area contributed by atoms with Gasteiger partial charge in [0, 0.05) is 12.1 Å². The van der Waals surface area contributed by atoms with Crippen LogP contribution in [0.1, 0.15) is 5.56 Å². The first kappa shape index (κ1) is 24.8. The molecule has 0 atom stereocenters. The summed E-state index contributed by atoms with van der Waals surface area (Å²) in [7, 11) is 5.69. The van der Waals surface area contributed by atoms with E-state index in [-0.39, 0.29) is 41.1 Å². The maximum atomic E-state index is 11.4. The van der Waals surface area contributed by atoms with Crippen LogP contribution in [0, 0.1) is 10.1 Å². The minimum atomic E-state index is -0.573. The van der Waals surface area contributed by atoms with Gasteiger partial charge < -0.3 is 35.3 Å². The van der Waals surface area contributed by atoms with Crippen molar-refractivity contribution in [3.63, 3.8) is 0 Å². The first-order chi connectivity index (χ1) is 16.8. The average molecular weight is 484 g/mol. The molecule has 2 aromatic carbocycles. The van der Waals surface area contributed by atoms with Crippen LogP contribution in [0.4, 0.5) is 28.8 Å². The van der Waals surface area contributed by atoms with E-state index in [1.807, 2.05) is 0 Å². The fraction of sp³-hybridized carbons (Fsp3) is 0.227. The molecule has 1 heterocycles. The molecular weight excluding hydrogens is 460 g/mol. The number of carbonyl (C=O) groups is 1. The van der Waals surface area contributed by atoms with Gasteiger partial charge in [-0.1, -0.05) is 6.07 Å². The lowest BCUT2D eigenvalue weighted by Crippen LogP contribution is -2.13. The number of anilines is 4. The summed E-state index contributed by atoms with van der Waals surface area (Å²) in [6, 6.07) is 7.76. The highest BCUT2D eigenvalue weighted by Crippen LogP contribution is 2.39. The number of rotatable bonds is 11. The highest BCUT2D eigenvalue weighted by molar-refractivity contribution is 5.78. The van der Waals surface area contributed by atoms with Crippen molar-refractivity contribution < 1.29 is 28.7 Å². The Morgan fingerprint density at radius 3 is 2.20 bits per heavy atom. The van der Waals surface area contributed by atoms with Crippen LogP contribution in [0.25, 0.3) is 0 Å². The number of aromatic nitrogens is 2. The molecule has 184 valence electrons. The normalized spacial score (nSPS) is 10.3. The average Bonchev–Trinajstić information content (AvgIpc) is 2.83. The highest BCUT2D eigenvalue weighted by atomic mass is 16.6. The van der Waals surface area contributed by atoms with E-state index >= 15 is 0 Å². The van der Waals surface area contributed by atoms with E-state index in [2.05, 4.69) is 20.6 Å². The van der Waals surface area contributed by atoms with Gasteiger partial charge in [0.1, 0.15) is 11.5 Å². The van der Waals surface area contributed by atoms with E-state index in [4.69, 9.17) is 24.7 Å². The van der Waals surface area contributed by atoms with E-state index in [0.717, 1.165) is 0 Å². The lowest BCUT2D eigenvalue weighted by molar-refractivity contribution is -0.385. The van der Waals surface area contributed by atoms with E-state index in [1.54, 1.807) is 18.2 Å². The maximum absolute atomic E-state index is 11.4. The zero-order chi connectivity index (χ0) is 25.5. The summed E-state index contributed by atoms with van der Waals surface area (Å²) >= 11 is 0. The number of primary amides is 1. The third-order valence-electron chi connectivity index (χ3n) is 4.81. The minimum Gasteiger partial charge on any atom is -0.495 e. The van der Waals surface area contributed by atoms with Crippen molar-refractivity contribution in [2.75, 3.05) is 39.1 Å². The Kier molecular flexibility index (Phi) is 7.71. The van der Waals surface area contributed by atoms with Gasteiger partial charge in [0.05, 0.1) is 57.4 Å². The van der Waals surface area contributed by atoms with Crippen LogP contribution in [0.3, 0.4) is 0 Å². The van der Waals surface area contributed by atoms with Gasteiger partial charge in [-0.2, -0.15) is 4.98 Å². The molecule has 0 aliphatic rings. The lowest BCUT2D eigenvalue weighted by Gasteiger charge is -2.16. The summed E-state index contributed by atoms with van der Waals surface area (Å²) in [6.07, 6.45) is 1.46. The molecule has 0 aliphatic carbocycles. The fourth-order valence-corrected chi connectivity index (χ4v) is 3.20. The van der Waals surface area contributed by atoms with Crippen LogP contribution in [-0.2, 0) is 11.2 Å². The van der Waals surface area contributed by atoms with Gasteiger partial charge in [0.25, 0.3) is 0 Å². The number of amides is 1. The summed E-state index contributed by atoms with van der Waals surface area (Å²) in [4.78, 5) is 30.8. The number of methoxy groups -OCH3 is 4. The van der Waals surface area contributed by atoms with Crippen molar-refractivity contribution in [3.05, 3.63) is 52.2 Å². The standard InChI is InChI=1S/C22H24N6O7/c1-32-16-6-5-12(8-20(23)29)7-13(16)25-21-19(35-4)11-24-22(27-21)26-14-9-15(28(30)31)18(34-3)10-17(14)33-2/h5-7,9-11H,8H2,1-4H3,(H2,23,29)(H2,24,25,26,27). The van der Waals surface area contributed by atoms with Crippen LogP contribution in [0.2, 0.25) is 0 Å². The number of nitrogens with zero attached hydrogens (tertiary/aromatic N) is 3. The van der Waals surface area contributed by atoms with Gasteiger partial charge in [0.15, 0.2) is 11.6 Å². The zero-order valence-electron chi connectivity index (χ0n) is 19.4. The minimum absolute atomic E-state index is 0.0401. The van der Waals surface area contributed by atoms with Gasteiger partial charge in [-0.15, -0.1) is 0 Å². The van der Waals surface area contributed by atoms with Crippen molar-refractivity contribution in [3.8, 4) is 23.0 Å². The van der Waals surface area contributed by atoms with Crippen LogP contribution in [0.5, 0.6) is 23.0 Å². The predicted molar refractivity (Wildman–Crippen MR) is 127 cm³/mol. The lowest BCUT2D eigenvalue weighted by atomic mass is 10.1. The molecule has 0 saturated heterocycles. The maximum Gasteiger partial charge on any atom is 0.313 e. The Bertz CT molecular complexity index is 1250. The first-order valence-corrected chi connectivity index (χ1v) is 10.1.